The Morgan fingerprint density at radius 2 is 1.95 bits per heavy atom. The highest BCUT2D eigenvalue weighted by molar-refractivity contribution is 7.89. The van der Waals surface area contributed by atoms with E-state index in [0.29, 0.717) is 17.4 Å². The fraction of sp³-hybridized carbons (Fsp3) is 0.600. The van der Waals surface area contributed by atoms with Gasteiger partial charge in [-0.05, 0) is 31.4 Å². The van der Waals surface area contributed by atoms with E-state index in [1.165, 1.54) is 0 Å². The molecular formula is C15H26N2O3S. The normalized spacial score (nSPS) is 14.6. The molecule has 0 spiro atoms. The van der Waals surface area contributed by atoms with Gasteiger partial charge in [0, 0.05) is 6.04 Å². The second-order valence-electron chi connectivity index (χ2n) is 5.47. The monoisotopic (exact) mass is 314 g/mol. The molecule has 0 radical (unpaired) electrons. The summed E-state index contributed by atoms with van der Waals surface area (Å²) in [5.74, 6) is 0.940. The van der Waals surface area contributed by atoms with Crippen molar-refractivity contribution >= 4 is 15.7 Å². The van der Waals surface area contributed by atoms with Gasteiger partial charge in [0.05, 0.1) is 11.4 Å². The fourth-order valence-corrected chi connectivity index (χ4v) is 3.19. The van der Waals surface area contributed by atoms with Gasteiger partial charge in [0.1, 0.15) is 12.4 Å². The van der Waals surface area contributed by atoms with Crippen molar-refractivity contribution in [3.05, 3.63) is 24.3 Å². The van der Waals surface area contributed by atoms with E-state index in [1.54, 1.807) is 24.3 Å². The van der Waals surface area contributed by atoms with Gasteiger partial charge in [-0.2, -0.15) is 0 Å². The lowest BCUT2D eigenvalue weighted by molar-refractivity contribution is 0.341. The molecule has 1 aromatic carbocycles. The molecule has 0 aliphatic rings. The van der Waals surface area contributed by atoms with Crippen molar-refractivity contribution in [2.24, 2.45) is 5.92 Å². The van der Waals surface area contributed by atoms with E-state index in [2.05, 4.69) is 18.6 Å². The van der Waals surface area contributed by atoms with Gasteiger partial charge >= 0.3 is 0 Å². The van der Waals surface area contributed by atoms with Crippen molar-refractivity contribution in [3.63, 3.8) is 0 Å². The average molecular weight is 314 g/mol. The maximum absolute atomic E-state index is 12.0. The van der Waals surface area contributed by atoms with Gasteiger partial charge in [-0.1, -0.05) is 32.4 Å². The van der Waals surface area contributed by atoms with Gasteiger partial charge < -0.3 is 10.5 Å². The molecule has 0 aliphatic heterocycles. The molecule has 0 saturated carbocycles. The second-order valence-corrected chi connectivity index (χ2v) is 7.35. The smallest absolute Gasteiger partial charge is 0.215 e. The topological polar surface area (TPSA) is 81.4 Å². The fourth-order valence-electron chi connectivity index (χ4n) is 2.06. The third-order valence-corrected chi connectivity index (χ3v) is 4.83. The molecule has 2 atom stereocenters. The summed E-state index contributed by atoms with van der Waals surface area (Å²) in [5.41, 5.74) is 6.24. The van der Waals surface area contributed by atoms with E-state index in [1.807, 2.05) is 6.92 Å². The van der Waals surface area contributed by atoms with Crippen LogP contribution in [0.25, 0.3) is 0 Å². The van der Waals surface area contributed by atoms with E-state index in [0.717, 1.165) is 12.8 Å². The Hall–Kier alpha value is -1.27. The zero-order valence-electron chi connectivity index (χ0n) is 13.0. The quantitative estimate of drug-likeness (QED) is 0.686. The van der Waals surface area contributed by atoms with Crippen LogP contribution in [-0.2, 0) is 10.0 Å². The Morgan fingerprint density at radius 3 is 2.57 bits per heavy atom. The summed E-state index contributed by atoms with van der Waals surface area (Å²) in [5, 5.41) is 0. The lowest BCUT2D eigenvalue weighted by Crippen LogP contribution is -2.36. The Bertz CT molecular complexity index is 531. The Balaban J connectivity index is 2.41. The first-order chi connectivity index (χ1) is 9.84. The van der Waals surface area contributed by atoms with Gasteiger partial charge in [-0.25, -0.2) is 13.1 Å². The SMILES string of the molecule is CCC(C)CC(C)NS(=O)(=O)CCOc1ccccc1N. The third kappa shape index (κ3) is 6.82. The number of sulfonamides is 1. The summed E-state index contributed by atoms with van der Waals surface area (Å²) in [6.07, 6.45) is 1.88. The third-order valence-electron chi connectivity index (χ3n) is 3.36. The van der Waals surface area contributed by atoms with Crippen LogP contribution in [0.1, 0.15) is 33.6 Å². The highest BCUT2D eigenvalue weighted by Crippen LogP contribution is 2.19. The van der Waals surface area contributed by atoms with Crippen LogP contribution in [0.3, 0.4) is 0 Å². The molecule has 0 fully saturated rings. The van der Waals surface area contributed by atoms with Crippen LogP contribution in [0, 0.1) is 5.92 Å². The van der Waals surface area contributed by atoms with Crippen molar-refractivity contribution in [1.29, 1.82) is 0 Å². The molecule has 120 valence electrons. The molecule has 0 heterocycles. The summed E-state index contributed by atoms with van der Waals surface area (Å²) < 4.78 is 32.0. The zero-order chi connectivity index (χ0) is 15.9. The minimum Gasteiger partial charge on any atom is -0.490 e. The number of anilines is 1. The summed E-state index contributed by atoms with van der Waals surface area (Å²) in [6, 6.07) is 6.98. The van der Waals surface area contributed by atoms with Crippen LogP contribution < -0.4 is 15.2 Å². The number of para-hydroxylation sites is 2. The van der Waals surface area contributed by atoms with Crippen molar-refractivity contribution < 1.29 is 13.2 Å². The molecule has 6 heteroatoms. The minimum absolute atomic E-state index is 0.0632. The summed E-state index contributed by atoms with van der Waals surface area (Å²) in [4.78, 5) is 0. The molecule has 0 aromatic heterocycles. The first-order valence-electron chi connectivity index (χ1n) is 7.31. The molecule has 3 N–H and O–H groups in total. The van der Waals surface area contributed by atoms with E-state index >= 15 is 0 Å². The summed E-state index contributed by atoms with van der Waals surface area (Å²) in [7, 11) is -3.33. The highest BCUT2D eigenvalue weighted by atomic mass is 32.2. The molecule has 1 rings (SSSR count). The van der Waals surface area contributed by atoms with Crippen LogP contribution in [0.4, 0.5) is 5.69 Å². The van der Waals surface area contributed by atoms with Crippen LogP contribution >= 0.6 is 0 Å². The molecule has 5 nitrogen and oxygen atoms in total. The number of rotatable bonds is 9. The maximum atomic E-state index is 12.0. The molecule has 0 aliphatic carbocycles. The number of ether oxygens (including phenoxy) is 1. The number of hydrogen-bond acceptors (Lipinski definition) is 4. The standard InChI is InChI=1S/C15H26N2O3S/c1-4-12(2)11-13(3)17-21(18,19)10-9-20-15-8-6-5-7-14(15)16/h5-8,12-13,17H,4,9-11,16H2,1-3H3. The average Bonchev–Trinajstić information content (AvgIpc) is 2.39. The molecule has 1 aromatic rings. The summed E-state index contributed by atoms with van der Waals surface area (Å²) >= 11 is 0. The summed E-state index contributed by atoms with van der Waals surface area (Å²) in [6.45, 7) is 6.19. The maximum Gasteiger partial charge on any atom is 0.215 e. The van der Waals surface area contributed by atoms with Crippen molar-refractivity contribution in [3.8, 4) is 5.75 Å². The Kier molecular flexibility index (Phi) is 6.98. The molecule has 0 amide bonds. The van der Waals surface area contributed by atoms with Crippen LogP contribution in [-0.4, -0.2) is 26.8 Å². The zero-order valence-corrected chi connectivity index (χ0v) is 13.8. The Labute approximate surface area is 127 Å². The van der Waals surface area contributed by atoms with Crippen LogP contribution in [0.15, 0.2) is 24.3 Å². The minimum atomic E-state index is -3.33. The van der Waals surface area contributed by atoms with Crippen LogP contribution in [0.2, 0.25) is 0 Å². The highest BCUT2D eigenvalue weighted by Gasteiger charge is 2.16. The van der Waals surface area contributed by atoms with Gasteiger partial charge in [0.25, 0.3) is 0 Å². The largest absolute Gasteiger partial charge is 0.490 e. The molecule has 0 saturated heterocycles. The molecular weight excluding hydrogens is 288 g/mol. The number of hydrogen-bond donors (Lipinski definition) is 2. The lowest BCUT2D eigenvalue weighted by Gasteiger charge is -2.17. The van der Waals surface area contributed by atoms with Crippen molar-refractivity contribution in [1.82, 2.24) is 4.72 Å². The Morgan fingerprint density at radius 1 is 1.29 bits per heavy atom. The van der Waals surface area contributed by atoms with E-state index in [-0.39, 0.29) is 18.4 Å². The van der Waals surface area contributed by atoms with Gasteiger partial charge in [-0.3, -0.25) is 0 Å². The van der Waals surface area contributed by atoms with Crippen LogP contribution in [0.5, 0.6) is 5.75 Å². The van der Waals surface area contributed by atoms with E-state index < -0.39 is 10.0 Å². The van der Waals surface area contributed by atoms with Gasteiger partial charge in [-0.15, -0.1) is 0 Å². The van der Waals surface area contributed by atoms with E-state index in [9.17, 15) is 8.42 Å². The van der Waals surface area contributed by atoms with Gasteiger partial charge in [0.15, 0.2) is 0 Å². The van der Waals surface area contributed by atoms with Gasteiger partial charge in [0.2, 0.25) is 10.0 Å². The predicted molar refractivity (Wildman–Crippen MR) is 86.8 cm³/mol. The predicted octanol–water partition coefficient (Wildman–Crippen LogP) is 2.39. The lowest BCUT2D eigenvalue weighted by atomic mass is 10.0. The number of benzene rings is 1. The second kappa shape index (κ2) is 8.24. The molecule has 2 unspecified atom stereocenters. The number of nitrogens with two attached hydrogens (primary N) is 1. The number of nitrogens with one attached hydrogen (secondary N) is 1. The van der Waals surface area contributed by atoms with E-state index in [4.69, 9.17) is 10.5 Å². The first-order valence-corrected chi connectivity index (χ1v) is 8.96. The van der Waals surface area contributed by atoms with Crippen molar-refractivity contribution in [2.75, 3.05) is 18.1 Å². The number of nitrogen functional groups attached to an aromatic ring is 1. The first kappa shape index (κ1) is 17.8. The molecule has 21 heavy (non-hydrogen) atoms. The molecule has 0 bridgehead atoms. The van der Waals surface area contributed by atoms with Crippen molar-refractivity contribution in [2.45, 2.75) is 39.7 Å².